The number of aryl methyl sites for hydroxylation is 1. The molecule has 0 bridgehead atoms. The Kier molecular flexibility index (Phi) is 3.19. The molecule has 1 aromatic rings. The Bertz CT molecular complexity index is 454. The summed E-state index contributed by atoms with van der Waals surface area (Å²) in [5.74, 6) is -1.28. The lowest BCUT2D eigenvalue weighted by Crippen LogP contribution is -2.37. The molecule has 1 saturated heterocycles. The number of likely N-dealkylation sites (tertiary alicyclic amines) is 1. The molecule has 0 spiro atoms. The van der Waals surface area contributed by atoms with E-state index in [0.29, 0.717) is 17.8 Å². The topological polar surface area (TPSA) is 57.6 Å². The highest BCUT2D eigenvalue weighted by atomic mass is 32.1. The number of carboxylic acid groups (broad SMARTS) is 1. The normalized spacial score (nSPS) is 24.0. The molecular weight excluding hydrogens is 238 g/mol. The molecule has 4 nitrogen and oxygen atoms in total. The van der Waals surface area contributed by atoms with Crippen molar-refractivity contribution >= 4 is 23.2 Å². The van der Waals surface area contributed by atoms with Crippen LogP contribution in [0.1, 0.15) is 27.9 Å². The van der Waals surface area contributed by atoms with E-state index in [1.165, 1.54) is 11.3 Å². The molecule has 0 saturated carbocycles. The minimum atomic E-state index is -0.810. The van der Waals surface area contributed by atoms with E-state index in [0.717, 1.165) is 4.88 Å². The van der Waals surface area contributed by atoms with Gasteiger partial charge >= 0.3 is 5.97 Å². The molecule has 2 atom stereocenters. The van der Waals surface area contributed by atoms with E-state index >= 15 is 0 Å². The second-order valence-corrected chi connectivity index (χ2v) is 5.67. The van der Waals surface area contributed by atoms with Gasteiger partial charge in [0, 0.05) is 17.5 Å². The molecule has 1 aromatic heterocycles. The molecule has 2 rings (SSSR count). The van der Waals surface area contributed by atoms with Gasteiger partial charge in [0.2, 0.25) is 0 Å². The van der Waals surface area contributed by atoms with E-state index in [-0.39, 0.29) is 11.9 Å². The number of nitrogens with zero attached hydrogens (tertiary/aromatic N) is 1. The second-order valence-electron chi connectivity index (χ2n) is 4.38. The van der Waals surface area contributed by atoms with Crippen LogP contribution in [-0.4, -0.2) is 34.5 Å². The van der Waals surface area contributed by atoms with Gasteiger partial charge in [0.15, 0.2) is 0 Å². The van der Waals surface area contributed by atoms with Gasteiger partial charge < -0.3 is 10.0 Å². The van der Waals surface area contributed by atoms with E-state index in [2.05, 4.69) is 0 Å². The number of amides is 1. The number of rotatable bonds is 2. The van der Waals surface area contributed by atoms with Crippen LogP contribution < -0.4 is 0 Å². The van der Waals surface area contributed by atoms with Gasteiger partial charge in [0.25, 0.3) is 5.91 Å². The third kappa shape index (κ3) is 2.20. The van der Waals surface area contributed by atoms with Gasteiger partial charge in [0.05, 0.1) is 10.8 Å². The number of aliphatic carboxylic acids is 1. The lowest BCUT2D eigenvalue weighted by atomic mass is 10.0. The maximum atomic E-state index is 12.2. The third-order valence-corrected chi connectivity index (χ3v) is 4.27. The first-order valence-electron chi connectivity index (χ1n) is 5.61. The molecule has 5 heteroatoms. The first-order valence-corrected chi connectivity index (χ1v) is 6.42. The van der Waals surface area contributed by atoms with Crippen molar-refractivity contribution in [2.24, 2.45) is 5.92 Å². The van der Waals surface area contributed by atoms with Gasteiger partial charge in [-0.25, -0.2) is 0 Å². The minimum absolute atomic E-state index is 0.0423. The highest BCUT2D eigenvalue weighted by Gasteiger charge is 2.38. The van der Waals surface area contributed by atoms with Crippen LogP contribution in [0.4, 0.5) is 0 Å². The zero-order chi connectivity index (χ0) is 12.6. The zero-order valence-electron chi connectivity index (χ0n) is 9.84. The predicted octanol–water partition coefficient (Wildman–Crippen LogP) is 1.99. The summed E-state index contributed by atoms with van der Waals surface area (Å²) >= 11 is 1.46. The number of carboxylic acids is 1. The molecule has 1 N–H and O–H groups in total. The summed E-state index contributed by atoms with van der Waals surface area (Å²) in [5, 5.41) is 9.02. The smallest absolute Gasteiger partial charge is 0.308 e. The van der Waals surface area contributed by atoms with Crippen molar-refractivity contribution in [2.45, 2.75) is 26.3 Å². The quantitative estimate of drug-likeness (QED) is 0.877. The van der Waals surface area contributed by atoms with Gasteiger partial charge in [-0.3, -0.25) is 9.59 Å². The maximum Gasteiger partial charge on any atom is 0.308 e. The molecular formula is C12H15NO3S. The minimum Gasteiger partial charge on any atom is -0.481 e. The first-order chi connectivity index (χ1) is 8.00. The van der Waals surface area contributed by atoms with Crippen molar-refractivity contribution in [3.63, 3.8) is 0 Å². The highest BCUT2D eigenvalue weighted by molar-refractivity contribution is 7.13. The molecule has 0 aliphatic carbocycles. The number of thiophene rings is 1. The molecule has 0 aromatic carbocycles. The molecule has 17 heavy (non-hydrogen) atoms. The average Bonchev–Trinajstić information content (AvgIpc) is 2.83. The Balaban J connectivity index is 2.14. The van der Waals surface area contributed by atoms with Gasteiger partial charge in [-0.1, -0.05) is 0 Å². The molecule has 2 unspecified atom stereocenters. The van der Waals surface area contributed by atoms with Crippen LogP contribution in [0.5, 0.6) is 0 Å². The Morgan fingerprint density at radius 3 is 2.65 bits per heavy atom. The van der Waals surface area contributed by atoms with Gasteiger partial charge in [-0.2, -0.15) is 0 Å². The van der Waals surface area contributed by atoms with E-state index in [9.17, 15) is 9.59 Å². The SMILES string of the molecule is Cc1ccc(C(=O)N2CCC(C(=O)O)C2C)s1. The number of carbonyl (C=O) groups excluding carboxylic acids is 1. The summed E-state index contributed by atoms with van der Waals surface area (Å²) < 4.78 is 0. The number of hydrogen-bond acceptors (Lipinski definition) is 3. The van der Waals surface area contributed by atoms with Crippen molar-refractivity contribution < 1.29 is 14.7 Å². The fourth-order valence-electron chi connectivity index (χ4n) is 2.25. The van der Waals surface area contributed by atoms with E-state index < -0.39 is 11.9 Å². The van der Waals surface area contributed by atoms with Gasteiger partial charge in [-0.15, -0.1) is 11.3 Å². The first kappa shape index (κ1) is 12.1. The van der Waals surface area contributed by atoms with Crippen molar-refractivity contribution in [2.75, 3.05) is 6.54 Å². The van der Waals surface area contributed by atoms with E-state index in [1.807, 2.05) is 26.0 Å². The molecule has 1 aliphatic heterocycles. The van der Waals surface area contributed by atoms with Crippen molar-refractivity contribution in [3.8, 4) is 0 Å². The zero-order valence-corrected chi connectivity index (χ0v) is 10.7. The van der Waals surface area contributed by atoms with Crippen LogP contribution in [0.25, 0.3) is 0 Å². The van der Waals surface area contributed by atoms with Crippen molar-refractivity contribution in [1.82, 2.24) is 4.90 Å². The summed E-state index contributed by atoms with van der Waals surface area (Å²) in [6, 6.07) is 3.50. The molecule has 92 valence electrons. The Morgan fingerprint density at radius 2 is 2.18 bits per heavy atom. The van der Waals surface area contributed by atoms with E-state index in [4.69, 9.17) is 5.11 Å². The predicted molar refractivity (Wildman–Crippen MR) is 65.3 cm³/mol. The monoisotopic (exact) mass is 253 g/mol. The van der Waals surface area contributed by atoms with Crippen LogP contribution in [-0.2, 0) is 4.79 Å². The third-order valence-electron chi connectivity index (χ3n) is 3.28. The highest BCUT2D eigenvalue weighted by Crippen LogP contribution is 2.27. The summed E-state index contributed by atoms with van der Waals surface area (Å²) in [7, 11) is 0. The Labute approximate surface area is 104 Å². The molecule has 1 fully saturated rings. The lowest BCUT2D eigenvalue weighted by Gasteiger charge is -2.22. The Hall–Kier alpha value is -1.36. The molecule has 1 aliphatic rings. The van der Waals surface area contributed by atoms with Crippen LogP contribution >= 0.6 is 11.3 Å². The lowest BCUT2D eigenvalue weighted by molar-refractivity contribution is -0.142. The summed E-state index contributed by atoms with van der Waals surface area (Å²) in [4.78, 5) is 26.6. The maximum absolute atomic E-state index is 12.2. The summed E-state index contributed by atoms with van der Waals surface area (Å²) in [5.41, 5.74) is 0. The van der Waals surface area contributed by atoms with Crippen molar-refractivity contribution in [3.05, 3.63) is 21.9 Å². The van der Waals surface area contributed by atoms with Crippen LogP contribution in [0.3, 0.4) is 0 Å². The van der Waals surface area contributed by atoms with E-state index in [1.54, 1.807) is 4.90 Å². The second kappa shape index (κ2) is 4.49. The number of carbonyl (C=O) groups is 2. The largest absolute Gasteiger partial charge is 0.481 e. The van der Waals surface area contributed by atoms with Crippen LogP contribution in [0.15, 0.2) is 12.1 Å². The standard InChI is InChI=1S/C12H15NO3S/c1-7-3-4-10(17-7)11(14)13-6-5-9(8(13)2)12(15)16/h3-4,8-9H,5-6H2,1-2H3,(H,15,16). The summed E-state index contributed by atoms with van der Waals surface area (Å²) in [6.45, 7) is 4.30. The fourth-order valence-corrected chi connectivity index (χ4v) is 3.07. The molecule has 0 radical (unpaired) electrons. The number of hydrogen-bond donors (Lipinski definition) is 1. The molecule has 1 amide bonds. The van der Waals surface area contributed by atoms with Crippen molar-refractivity contribution in [1.29, 1.82) is 0 Å². The summed E-state index contributed by atoms with van der Waals surface area (Å²) in [6.07, 6.45) is 0.548. The molecule has 2 heterocycles. The van der Waals surface area contributed by atoms with Gasteiger partial charge in [0.1, 0.15) is 0 Å². The average molecular weight is 253 g/mol. The Morgan fingerprint density at radius 1 is 1.47 bits per heavy atom. The van der Waals surface area contributed by atoms with Crippen LogP contribution in [0.2, 0.25) is 0 Å². The fraction of sp³-hybridized carbons (Fsp3) is 0.500. The van der Waals surface area contributed by atoms with Gasteiger partial charge in [-0.05, 0) is 32.4 Å². The van der Waals surface area contributed by atoms with Crippen LogP contribution in [0, 0.1) is 12.8 Å².